The molecular formula is C16H16N4. The van der Waals surface area contributed by atoms with Crippen molar-refractivity contribution in [2.75, 3.05) is 0 Å². The fraction of sp³-hybridized carbons (Fsp3) is 0.250. The van der Waals surface area contributed by atoms with Gasteiger partial charge >= 0.3 is 0 Å². The van der Waals surface area contributed by atoms with E-state index in [2.05, 4.69) is 17.5 Å². The highest BCUT2D eigenvalue weighted by Crippen LogP contribution is 2.13. The quantitative estimate of drug-likeness (QED) is 0.922. The molecule has 0 radical (unpaired) electrons. The molecule has 1 aromatic heterocycles. The van der Waals surface area contributed by atoms with Crippen molar-refractivity contribution >= 4 is 0 Å². The summed E-state index contributed by atoms with van der Waals surface area (Å²) < 4.78 is 1.90. The lowest BCUT2D eigenvalue weighted by molar-refractivity contribution is 0.687. The van der Waals surface area contributed by atoms with E-state index in [9.17, 15) is 0 Å². The molecule has 2 rings (SSSR count). The maximum atomic E-state index is 9.00. The topological polar surface area (TPSA) is 64.5 Å². The third kappa shape index (κ3) is 2.88. The standard InChI is InChI=1S/C16H16N4/c1-12-15(7-16(9-18)20(12)2)11-19-10-14-5-3-4-13(6-14)8-17/h3-7,19H,10-11H2,1-2H3. The van der Waals surface area contributed by atoms with Gasteiger partial charge in [-0.25, -0.2) is 0 Å². The van der Waals surface area contributed by atoms with Crippen LogP contribution < -0.4 is 5.32 Å². The fourth-order valence-electron chi connectivity index (χ4n) is 2.14. The van der Waals surface area contributed by atoms with Crippen LogP contribution in [-0.2, 0) is 20.1 Å². The second-order valence-electron chi connectivity index (χ2n) is 4.73. The lowest BCUT2D eigenvalue weighted by Crippen LogP contribution is -2.13. The van der Waals surface area contributed by atoms with Crippen molar-refractivity contribution in [3.8, 4) is 12.1 Å². The number of nitriles is 2. The smallest absolute Gasteiger partial charge is 0.120 e. The van der Waals surface area contributed by atoms with Crippen LogP contribution in [0.5, 0.6) is 0 Å². The first kappa shape index (κ1) is 13.9. The highest BCUT2D eigenvalue weighted by Gasteiger charge is 2.07. The Morgan fingerprint density at radius 3 is 2.60 bits per heavy atom. The Bertz CT molecular complexity index is 698. The van der Waals surface area contributed by atoms with Crippen LogP contribution >= 0.6 is 0 Å². The van der Waals surface area contributed by atoms with Crippen LogP contribution in [0.3, 0.4) is 0 Å². The van der Waals surface area contributed by atoms with Crippen molar-refractivity contribution in [2.24, 2.45) is 7.05 Å². The highest BCUT2D eigenvalue weighted by molar-refractivity contribution is 5.35. The summed E-state index contributed by atoms with van der Waals surface area (Å²) in [7, 11) is 1.90. The molecule has 1 heterocycles. The van der Waals surface area contributed by atoms with Gasteiger partial charge in [-0.05, 0) is 36.2 Å². The van der Waals surface area contributed by atoms with Crippen molar-refractivity contribution in [1.82, 2.24) is 9.88 Å². The molecule has 0 spiro atoms. The molecule has 4 nitrogen and oxygen atoms in total. The third-order valence-electron chi connectivity index (χ3n) is 3.46. The van der Waals surface area contributed by atoms with Crippen LogP contribution in [0.1, 0.15) is 28.1 Å². The molecule has 0 aliphatic carbocycles. The van der Waals surface area contributed by atoms with Crippen molar-refractivity contribution in [3.05, 3.63) is 58.4 Å². The Labute approximate surface area is 118 Å². The van der Waals surface area contributed by atoms with Crippen LogP contribution in [0.2, 0.25) is 0 Å². The van der Waals surface area contributed by atoms with E-state index in [0.29, 0.717) is 24.3 Å². The largest absolute Gasteiger partial charge is 0.340 e. The van der Waals surface area contributed by atoms with Crippen molar-refractivity contribution < 1.29 is 0 Å². The predicted molar refractivity (Wildman–Crippen MR) is 76.6 cm³/mol. The number of aromatic nitrogens is 1. The minimum atomic E-state index is 0.672. The number of hydrogen-bond acceptors (Lipinski definition) is 3. The van der Waals surface area contributed by atoms with Gasteiger partial charge in [-0.1, -0.05) is 12.1 Å². The van der Waals surface area contributed by atoms with Gasteiger partial charge in [0.1, 0.15) is 11.8 Å². The normalized spacial score (nSPS) is 10.0. The van der Waals surface area contributed by atoms with E-state index in [1.165, 1.54) is 0 Å². The molecule has 1 N–H and O–H groups in total. The number of rotatable bonds is 4. The van der Waals surface area contributed by atoms with Gasteiger partial charge in [0, 0.05) is 25.8 Å². The van der Waals surface area contributed by atoms with Crippen LogP contribution in [0.15, 0.2) is 30.3 Å². The lowest BCUT2D eigenvalue weighted by atomic mass is 10.1. The van der Waals surface area contributed by atoms with E-state index < -0.39 is 0 Å². The van der Waals surface area contributed by atoms with Crippen molar-refractivity contribution in [1.29, 1.82) is 10.5 Å². The summed E-state index contributed by atoms with van der Waals surface area (Å²) in [5, 5.41) is 21.2. The van der Waals surface area contributed by atoms with Crippen LogP contribution in [0.4, 0.5) is 0 Å². The Balaban J connectivity index is 2.00. The van der Waals surface area contributed by atoms with Gasteiger partial charge in [0.25, 0.3) is 0 Å². The summed E-state index contributed by atoms with van der Waals surface area (Å²) in [5.74, 6) is 0. The van der Waals surface area contributed by atoms with E-state index >= 15 is 0 Å². The molecule has 100 valence electrons. The molecule has 0 saturated heterocycles. The number of nitrogens with zero attached hydrogens (tertiary/aromatic N) is 3. The number of nitrogens with one attached hydrogen (secondary N) is 1. The minimum Gasteiger partial charge on any atom is -0.340 e. The predicted octanol–water partition coefficient (Wildman–Crippen LogP) is 2.37. The van der Waals surface area contributed by atoms with Crippen molar-refractivity contribution in [3.63, 3.8) is 0 Å². The molecule has 0 amide bonds. The van der Waals surface area contributed by atoms with E-state index in [-0.39, 0.29) is 0 Å². The summed E-state index contributed by atoms with van der Waals surface area (Å²) in [6, 6.07) is 13.8. The van der Waals surface area contributed by atoms with Gasteiger partial charge in [-0.2, -0.15) is 10.5 Å². The van der Waals surface area contributed by atoms with Crippen LogP contribution in [-0.4, -0.2) is 4.57 Å². The zero-order chi connectivity index (χ0) is 14.5. The Hall–Kier alpha value is -2.56. The number of hydrogen-bond donors (Lipinski definition) is 1. The zero-order valence-electron chi connectivity index (χ0n) is 11.6. The maximum Gasteiger partial charge on any atom is 0.120 e. The summed E-state index contributed by atoms with van der Waals surface area (Å²) in [6.45, 7) is 3.41. The monoisotopic (exact) mass is 264 g/mol. The summed E-state index contributed by atoms with van der Waals surface area (Å²) >= 11 is 0. The Morgan fingerprint density at radius 1 is 1.15 bits per heavy atom. The highest BCUT2D eigenvalue weighted by atomic mass is 15.0. The molecule has 2 aromatic rings. The first-order valence-electron chi connectivity index (χ1n) is 6.40. The molecule has 0 fully saturated rings. The molecule has 20 heavy (non-hydrogen) atoms. The first-order valence-corrected chi connectivity index (χ1v) is 6.40. The third-order valence-corrected chi connectivity index (χ3v) is 3.46. The molecule has 1 aromatic carbocycles. The molecule has 0 unspecified atom stereocenters. The number of benzene rings is 1. The molecule has 0 atom stereocenters. The van der Waals surface area contributed by atoms with Gasteiger partial charge in [0.2, 0.25) is 0 Å². The Morgan fingerprint density at radius 2 is 1.95 bits per heavy atom. The molecule has 0 aliphatic heterocycles. The molecular weight excluding hydrogens is 248 g/mol. The minimum absolute atomic E-state index is 0.672. The molecule has 0 bridgehead atoms. The van der Waals surface area contributed by atoms with Crippen molar-refractivity contribution in [2.45, 2.75) is 20.0 Å². The van der Waals surface area contributed by atoms with Gasteiger partial charge in [0.05, 0.1) is 11.6 Å². The first-order chi connectivity index (χ1) is 9.65. The summed E-state index contributed by atoms with van der Waals surface area (Å²) in [6.07, 6.45) is 0. The molecule has 0 aliphatic rings. The average molecular weight is 264 g/mol. The maximum absolute atomic E-state index is 9.00. The van der Waals surface area contributed by atoms with Gasteiger partial charge in [-0.15, -0.1) is 0 Å². The SMILES string of the molecule is Cc1c(CNCc2cccc(C#N)c2)cc(C#N)n1C. The van der Waals surface area contributed by atoms with Crippen LogP contribution in [0.25, 0.3) is 0 Å². The average Bonchev–Trinajstić information content (AvgIpc) is 2.75. The van der Waals surface area contributed by atoms with E-state index in [1.807, 2.05) is 42.8 Å². The second kappa shape index (κ2) is 6.06. The molecule has 4 heteroatoms. The van der Waals surface area contributed by atoms with Gasteiger partial charge < -0.3 is 9.88 Å². The second-order valence-corrected chi connectivity index (χ2v) is 4.73. The summed E-state index contributed by atoms with van der Waals surface area (Å²) in [5.41, 5.74) is 4.65. The van der Waals surface area contributed by atoms with E-state index in [4.69, 9.17) is 10.5 Å². The lowest BCUT2D eigenvalue weighted by Gasteiger charge is -2.06. The van der Waals surface area contributed by atoms with E-state index in [0.717, 1.165) is 16.8 Å². The van der Waals surface area contributed by atoms with Gasteiger partial charge in [0.15, 0.2) is 0 Å². The summed E-state index contributed by atoms with van der Waals surface area (Å²) in [4.78, 5) is 0. The van der Waals surface area contributed by atoms with Gasteiger partial charge in [-0.3, -0.25) is 0 Å². The fourth-order valence-corrected chi connectivity index (χ4v) is 2.14. The van der Waals surface area contributed by atoms with E-state index in [1.54, 1.807) is 6.07 Å². The Kier molecular flexibility index (Phi) is 4.20. The zero-order valence-corrected chi connectivity index (χ0v) is 11.6. The van der Waals surface area contributed by atoms with Crippen LogP contribution in [0, 0.1) is 29.6 Å². The molecule has 0 saturated carbocycles.